The predicted molar refractivity (Wildman–Crippen MR) is 79.4 cm³/mol. The molecule has 0 fully saturated rings. The van der Waals surface area contributed by atoms with E-state index in [4.69, 9.17) is 9.84 Å². The van der Waals surface area contributed by atoms with Crippen molar-refractivity contribution in [2.75, 3.05) is 6.61 Å². The molecule has 116 valence electrons. The zero-order valence-corrected chi connectivity index (χ0v) is 13.0. The topological polar surface area (TPSA) is 63.6 Å². The highest BCUT2D eigenvalue weighted by molar-refractivity contribution is 5.79. The molecule has 0 bridgehead atoms. The zero-order chi connectivity index (χ0) is 15.6. The molecule has 0 heterocycles. The van der Waals surface area contributed by atoms with Crippen LogP contribution in [0.2, 0.25) is 0 Å². The first-order valence-electron chi connectivity index (χ1n) is 7.28. The Balaban J connectivity index is 3.87. The van der Waals surface area contributed by atoms with Gasteiger partial charge in [0.15, 0.2) is 0 Å². The maximum absolute atomic E-state index is 11.6. The Bertz CT molecular complexity index is 315. The largest absolute Gasteiger partial charge is 0.481 e. The van der Waals surface area contributed by atoms with Crippen LogP contribution in [0, 0.1) is 11.3 Å². The van der Waals surface area contributed by atoms with Gasteiger partial charge in [-0.25, -0.2) is 0 Å². The zero-order valence-electron chi connectivity index (χ0n) is 13.0. The number of rotatable bonds is 10. The van der Waals surface area contributed by atoms with Crippen LogP contribution < -0.4 is 0 Å². The fourth-order valence-corrected chi connectivity index (χ4v) is 1.92. The van der Waals surface area contributed by atoms with Crippen molar-refractivity contribution >= 4 is 11.9 Å². The molecule has 1 N–H and O–H groups in total. The number of carboxylic acid groups (broad SMARTS) is 1. The number of carbonyl (C=O) groups is 2. The average molecular weight is 284 g/mol. The molecule has 0 rings (SSSR count). The summed E-state index contributed by atoms with van der Waals surface area (Å²) in [4.78, 5) is 22.8. The van der Waals surface area contributed by atoms with Crippen LogP contribution in [0.1, 0.15) is 59.3 Å². The Morgan fingerprint density at radius 3 is 2.30 bits per heavy atom. The van der Waals surface area contributed by atoms with Crippen molar-refractivity contribution in [2.45, 2.75) is 59.3 Å². The molecule has 0 aromatic heterocycles. The van der Waals surface area contributed by atoms with Crippen LogP contribution in [-0.4, -0.2) is 23.7 Å². The number of carbonyl (C=O) groups excluding carboxylic acids is 1. The summed E-state index contributed by atoms with van der Waals surface area (Å²) in [6.07, 6.45) is 6.92. The minimum atomic E-state index is -0.945. The highest BCUT2D eigenvalue weighted by Crippen LogP contribution is 2.29. The van der Waals surface area contributed by atoms with Gasteiger partial charge in [-0.2, -0.15) is 0 Å². The molecule has 4 nitrogen and oxygen atoms in total. The van der Waals surface area contributed by atoms with Crippen molar-refractivity contribution in [1.82, 2.24) is 0 Å². The Labute approximate surface area is 122 Å². The Morgan fingerprint density at radius 2 is 1.80 bits per heavy atom. The van der Waals surface area contributed by atoms with Gasteiger partial charge in [0, 0.05) is 0 Å². The number of unbranched alkanes of at least 4 members (excludes halogenated alkanes) is 4. The number of esters is 1. The SMILES string of the molecule is C=CCCCCCCOC(=O)C[C@H](C(=O)O)C(C)(C)C. The van der Waals surface area contributed by atoms with Crippen LogP contribution in [0.3, 0.4) is 0 Å². The maximum Gasteiger partial charge on any atom is 0.307 e. The fraction of sp³-hybridized carbons (Fsp3) is 0.750. The summed E-state index contributed by atoms with van der Waals surface area (Å²) in [5, 5.41) is 9.13. The number of carboxylic acids is 1. The molecule has 0 aromatic carbocycles. The fourth-order valence-electron chi connectivity index (χ4n) is 1.92. The number of hydrogen-bond acceptors (Lipinski definition) is 3. The van der Waals surface area contributed by atoms with Gasteiger partial charge in [-0.05, 0) is 24.7 Å². The normalized spacial score (nSPS) is 12.8. The monoisotopic (exact) mass is 284 g/mol. The number of allylic oxidation sites excluding steroid dienone is 1. The van der Waals surface area contributed by atoms with Gasteiger partial charge in [-0.3, -0.25) is 9.59 Å². The minimum Gasteiger partial charge on any atom is -0.481 e. The summed E-state index contributed by atoms with van der Waals surface area (Å²) in [5.74, 6) is -2.07. The van der Waals surface area contributed by atoms with Crippen LogP contribution in [0.5, 0.6) is 0 Å². The highest BCUT2D eigenvalue weighted by atomic mass is 16.5. The lowest BCUT2D eigenvalue weighted by Crippen LogP contribution is -2.31. The lowest BCUT2D eigenvalue weighted by atomic mass is 9.79. The molecule has 0 radical (unpaired) electrons. The molecule has 0 amide bonds. The molecule has 4 heteroatoms. The van der Waals surface area contributed by atoms with E-state index in [0.717, 1.165) is 32.1 Å². The van der Waals surface area contributed by atoms with Crippen molar-refractivity contribution < 1.29 is 19.4 Å². The number of ether oxygens (including phenoxy) is 1. The van der Waals surface area contributed by atoms with Crippen LogP contribution in [0.4, 0.5) is 0 Å². The molecule has 0 saturated carbocycles. The Hall–Kier alpha value is -1.32. The molecule has 0 aliphatic heterocycles. The van der Waals surface area contributed by atoms with E-state index in [0.29, 0.717) is 6.61 Å². The van der Waals surface area contributed by atoms with Crippen LogP contribution in [0.15, 0.2) is 12.7 Å². The summed E-state index contributed by atoms with van der Waals surface area (Å²) in [6, 6.07) is 0. The first-order valence-corrected chi connectivity index (χ1v) is 7.28. The molecule has 20 heavy (non-hydrogen) atoms. The van der Waals surface area contributed by atoms with E-state index in [1.807, 2.05) is 26.8 Å². The molecule has 0 spiro atoms. The predicted octanol–water partition coefficient (Wildman–Crippen LogP) is 3.80. The van der Waals surface area contributed by atoms with Gasteiger partial charge in [0.2, 0.25) is 0 Å². The van der Waals surface area contributed by atoms with E-state index in [9.17, 15) is 9.59 Å². The smallest absolute Gasteiger partial charge is 0.307 e. The van der Waals surface area contributed by atoms with Crippen LogP contribution >= 0.6 is 0 Å². The van der Waals surface area contributed by atoms with Crippen molar-refractivity contribution in [1.29, 1.82) is 0 Å². The van der Waals surface area contributed by atoms with E-state index >= 15 is 0 Å². The Kier molecular flexibility index (Phi) is 8.93. The second-order valence-corrected chi connectivity index (χ2v) is 6.17. The summed E-state index contributed by atoms with van der Waals surface area (Å²) in [5.41, 5.74) is -0.449. The first kappa shape index (κ1) is 18.7. The van der Waals surface area contributed by atoms with Gasteiger partial charge in [-0.15, -0.1) is 6.58 Å². The molecule has 0 unspecified atom stereocenters. The van der Waals surface area contributed by atoms with Crippen molar-refractivity contribution in [3.8, 4) is 0 Å². The molecule has 0 aliphatic carbocycles. The molecule has 0 aliphatic rings. The third-order valence-electron chi connectivity index (χ3n) is 3.28. The second kappa shape index (κ2) is 9.56. The van der Waals surface area contributed by atoms with Crippen molar-refractivity contribution in [3.63, 3.8) is 0 Å². The lowest BCUT2D eigenvalue weighted by Gasteiger charge is -2.26. The quantitative estimate of drug-likeness (QED) is 0.376. The third-order valence-corrected chi connectivity index (χ3v) is 3.28. The van der Waals surface area contributed by atoms with Gasteiger partial charge in [0.1, 0.15) is 0 Å². The van der Waals surface area contributed by atoms with Crippen LogP contribution in [-0.2, 0) is 14.3 Å². The van der Waals surface area contributed by atoms with Gasteiger partial charge in [-0.1, -0.05) is 39.7 Å². The molecule has 0 saturated heterocycles. The third kappa shape index (κ3) is 8.73. The highest BCUT2D eigenvalue weighted by Gasteiger charge is 2.33. The van der Waals surface area contributed by atoms with E-state index in [1.54, 1.807) is 0 Å². The average Bonchev–Trinajstić information content (AvgIpc) is 2.33. The maximum atomic E-state index is 11.6. The second-order valence-electron chi connectivity index (χ2n) is 6.17. The molecular weight excluding hydrogens is 256 g/mol. The Morgan fingerprint density at radius 1 is 1.20 bits per heavy atom. The van der Waals surface area contributed by atoms with E-state index in [1.165, 1.54) is 0 Å². The molecular formula is C16H28O4. The van der Waals surface area contributed by atoms with E-state index < -0.39 is 23.3 Å². The van der Waals surface area contributed by atoms with Gasteiger partial charge < -0.3 is 9.84 Å². The van der Waals surface area contributed by atoms with Gasteiger partial charge >= 0.3 is 11.9 Å². The number of hydrogen-bond donors (Lipinski definition) is 1. The number of aliphatic carboxylic acids is 1. The van der Waals surface area contributed by atoms with Crippen molar-refractivity contribution in [3.05, 3.63) is 12.7 Å². The lowest BCUT2D eigenvalue weighted by molar-refractivity contribution is -0.155. The standard InChI is InChI=1S/C16H28O4/c1-5-6-7-8-9-10-11-20-14(17)12-13(15(18)19)16(2,3)4/h5,13H,1,6-12H2,2-4H3,(H,18,19)/t13-/m1/s1. The summed E-state index contributed by atoms with van der Waals surface area (Å²) < 4.78 is 5.10. The van der Waals surface area contributed by atoms with Crippen LogP contribution in [0.25, 0.3) is 0 Å². The summed E-state index contributed by atoms with van der Waals surface area (Å²) >= 11 is 0. The molecule has 1 atom stereocenters. The summed E-state index contributed by atoms with van der Waals surface area (Å²) in [6.45, 7) is 9.49. The summed E-state index contributed by atoms with van der Waals surface area (Å²) in [7, 11) is 0. The van der Waals surface area contributed by atoms with Crippen molar-refractivity contribution in [2.24, 2.45) is 11.3 Å². The first-order chi connectivity index (χ1) is 9.29. The van der Waals surface area contributed by atoms with Gasteiger partial charge in [0.05, 0.1) is 18.9 Å². The van der Waals surface area contributed by atoms with Gasteiger partial charge in [0.25, 0.3) is 0 Å². The minimum absolute atomic E-state index is 0.0602. The van der Waals surface area contributed by atoms with E-state index in [-0.39, 0.29) is 6.42 Å². The molecule has 0 aromatic rings. The van der Waals surface area contributed by atoms with E-state index in [2.05, 4.69) is 6.58 Å².